The average molecular weight is 235 g/mol. The van der Waals surface area contributed by atoms with Gasteiger partial charge < -0.3 is 9.84 Å². The molecule has 0 saturated carbocycles. The first kappa shape index (κ1) is 12.0. The summed E-state index contributed by atoms with van der Waals surface area (Å²) < 4.78 is 18.6. The Morgan fingerprint density at radius 3 is 2.88 bits per heavy atom. The number of hydrogen-bond donors (Lipinski definition) is 1. The molecule has 1 aliphatic rings. The molecule has 0 aromatic heterocycles. The molecule has 0 radical (unpaired) electrons. The Hall–Kier alpha value is -1.44. The third-order valence-corrected chi connectivity index (χ3v) is 3.31. The van der Waals surface area contributed by atoms with E-state index in [9.17, 15) is 14.8 Å². The number of halogens is 1. The molecule has 0 amide bonds. The molecular weight excluding hydrogens is 221 g/mol. The van der Waals surface area contributed by atoms with E-state index in [-0.39, 0.29) is 12.4 Å². The Kier molecular flexibility index (Phi) is 3.14. The number of aliphatic hydroxyl groups is 1. The lowest BCUT2D eigenvalue weighted by Crippen LogP contribution is -2.27. The quantitative estimate of drug-likeness (QED) is 0.854. The van der Waals surface area contributed by atoms with Crippen molar-refractivity contribution in [2.24, 2.45) is 5.41 Å². The third-order valence-electron chi connectivity index (χ3n) is 3.31. The normalized spacial score (nSPS) is 25.5. The van der Waals surface area contributed by atoms with Gasteiger partial charge in [0.1, 0.15) is 17.3 Å². The first-order chi connectivity index (χ1) is 8.09. The summed E-state index contributed by atoms with van der Waals surface area (Å²) in [7, 11) is 0. The second-order valence-electron chi connectivity index (χ2n) is 4.48. The molecule has 2 rings (SSSR count). The van der Waals surface area contributed by atoms with Gasteiger partial charge in [-0.05, 0) is 30.5 Å². The van der Waals surface area contributed by atoms with Crippen molar-refractivity contribution in [2.45, 2.75) is 19.4 Å². The van der Waals surface area contributed by atoms with Crippen LogP contribution in [0, 0.1) is 29.5 Å². The molecule has 1 fully saturated rings. The number of aliphatic hydroxyl groups excluding tert-OH is 1. The predicted octanol–water partition coefficient (Wildman–Crippen LogP) is 2.10. The smallest absolute Gasteiger partial charge is 0.126 e. The number of benzene rings is 1. The van der Waals surface area contributed by atoms with E-state index in [2.05, 4.69) is 6.07 Å². The third kappa shape index (κ3) is 2.04. The highest BCUT2D eigenvalue weighted by Crippen LogP contribution is 2.40. The van der Waals surface area contributed by atoms with Crippen molar-refractivity contribution >= 4 is 0 Å². The molecule has 2 unspecified atom stereocenters. The Balaban J connectivity index is 2.33. The van der Waals surface area contributed by atoms with E-state index < -0.39 is 11.5 Å². The first-order valence-electron chi connectivity index (χ1n) is 5.52. The first-order valence-corrected chi connectivity index (χ1v) is 5.52. The number of nitrogens with zero attached hydrogens (tertiary/aromatic N) is 1. The van der Waals surface area contributed by atoms with Gasteiger partial charge in [-0.15, -0.1) is 0 Å². The molecule has 1 heterocycles. The number of nitriles is 1. The van der Waals surface area contributed by atoms with Crippen molar-refractivity contribution in [1.29, 1.82) is 5.26 Å². The largest absolute Gasteiger partial charge is 0.387 e. The van der Waals surface area contributed by atoms with Crippen LogP contribution in [0.15, 0.2) is 18.2 Å². The van der Waals surface area contributed by atoms with Crippen LogP contribution >= 0.6 is 0 Å². The summed E-state index contributed by atoms with van der Waals surface area (Å²) >= 11 is 0. The Morgan fingerprint density at radius 1 is 1.59 bits per heavy atom. The lowest BCUT2D eigenvalue weighted by atomic mass is 9.79. The highest BCUT2D eigenvalue weighted by Gasteiger charge is 2.43. The van der Waals surface area contributed by atoms with Crippen molar-refractivity contribution in [2.75, 3.05) is 13.2 Å². The van der Waals surface area contributed by atoms with Gasteiger partial charge in [-0.25, -0.2) is 4.39 Å². The molecule has 1 N–H and O–H groups in total. The number of hydrogen-bond acceptors (Lipinski definition) is 3. The number of ether oxygens (including phenoxy) is 1. The summed E-state index contributed by atoms with van der Waals surface area (Å²) in [4.78, 5) is 0. The molecule has 1 saturated heterocycles. The average Bonchev–Trinajstić information content (AvgIpc) is 2.81. The van der Waals surface area contributed by atoms with Crippen LogP contribution in [-0.4, -0.2) is 18.3 Å². The zero-order valence-corrected chi connectivity index (χ0v) is 9.61. The van der Waals surface area contributed by atoms with Gasteiger partial charge in [0.15, 0.2) is 0 Å². The zero-order valence-electron chi connectivity index (χ0n) is 9.61. The maximum absolute atomic E-state index is 13.4. The summed E-state index contributed by atoms with van der Waals surface area (Å²) in [5.74, 6) is -0.367. The lowest BCUT2D eigenvalue weighted by Gasteiger charge is -2.25. The summed E-state index contributed by atoms with van der Waals surface area (Å²) in [5, 5.41) is 19.4. The monoisotopic (exact) mass is 235 g/mol. The molecule has 17 heavy (non-hydrogen) atoms. The second-order valence-corrected chi connectivity index (χ2v) is 4.48. The maximum Gasteiger partial charge on any atom is 0.126 e. The maximum atomic E-state index is 13.4. The second kappa shape index (κ2) is 4.44. The van der Waals surface area contributed by atoms with Gasteiger partial charge in [-0.1, -0.05) is 12.1 Å². The van der Waals surface area contributed by atoms with E-state index in [0.717, 1.165) is 0 Å². The highest BCUT2D eigenvalue weighted by molar-refractivity contribution is 5.28. The Morgan fingerprint density at radius 2 is 2.35 bits per heavy atom. The zero-order chi connectivity index (χ0) is 12.5. The fraction of sp³-hybridized carbons (Fsp3) is 0.462. The van der Waals surface area contributed by atoms with Crippen molar-refractivity contribution in [3.8, 4) is 6.07 Å². The summed E-state index contributed by atoms with van der Waals surface area (Å²) in [5.41, 5.74) is 0.0107. The van der Waals surface area contributed by atoms with Crippen LogP contribution in [0.3, 0.4) is 0 Å². The molecule has 1 aromatic rings. The van der Waals surface area contributed by atoms with Crippen molar-refractivity contribution in [3.63, 3.8) is 0 Å². The van der Waals surface area contributed by atoms with Crippen LogP contribution < -0.4 is 0 Å². The molecule has 0 spiro atoms. The van der Waals surface area contributed by atoms with Crippen LogP contribution in [0.5, 0.6) is 0 Å². The van der Waals surface area contributed by atoms with E-state index in [0.29, 0.717) is 24.2 Å². The molecule has 1 aliphatic heterocycles. The minimum absolute atomic E-state index is 0.195. The summed E-state index contributed by atoms with van der Waals surface area (Å²) in [6.45, 7) is 2.31. The van der Waals surface area contributed by atoms with E-state index >= 15 is 0 Å². The van der Waals surface area contributed by atoms with Crippen molar-refractivity contribution in [1.82, 2.24) is 0 Å². The predicted molar refractivity (Wildman–Crippen MR) is 59.6 cm³/mol. The Labute approximate surface area is 99.4 Å². The Bertz CT molecular complexity index is 461. The molecular formula is C13H14FNO2. The minimum Gasteiger partial charge on any atom is -0.387 e. The van der Waals surface area contributed by atoms with Gasteiger partial charge in [0.05, 0.1) is 12.7 Å². The topological polar surface area (TPSA) is 53.2 Å². The summed E-state index contributed by atoms with van der Waals surface area (Å²) in [6, 6.07) is 6.66. The van der Waals surface area contributed by atoms with Crippen LogP contribution in [0.2, 0.25) is 0 Å². The van der Waals surface area contributed by atoms with Crippen LogP contribution in [0.1, 0.15) is 23.7 Å². The van der Waals surface area contributed by atoms with E-state index in [1.54, 1.807) is 19.1 Å². The molecule has 0 bridgehead atoms. The van der Waals surface area contributed by atoms with Gasteiger partial charge in [0, 0.05) is 6.61 Å². The van der Waals surface area contributed by atoms with Gasteiger partial charge in [-0.2, -0.15) is 5.26 Å². The van der Waals surface area contributed by atoms with Crippen LogP contribution in [0.4, 0.5) is 4.39 Å². The molecule has 2 atom stereocenters. The lowest BCUT2D eigenvalue weighted by molar-refractivity contribution is 0.0502. The molecule has 4 heteroatoms. The van der Waals surface area contributed by atoms with Gasteiger partial charge in [-0.3, -0.25) is 0 Å². The minimum atomic E-state index is -1.01. The highest BCUT2D eigenvalue weighted by atomic mass is 19.1. The molecule has 1 aromatic carbocycles. The number of aryl methyl sites for hydroxylation is 1. The van der Waals surface area contributed by atoms with Gasteiger partial charge in [0.2, 0.25) is 0 Å². The van der Waals surface area contributed by atoms with Crippen molar-refractivity contribution in [3.05, 3.63) is 35.1 Å². The fourth-order valence-corrected chi connectivity index (χ4v) is 2.04. The van der Waals surface area contributed by atoms with Crippen LogP contribution in [0.25, 0.3) is 0 Å². The molecule has 3 nitrogen and oxygen atoms in total. The van der Waals surface area contributed by atoms with Gasteiger partial charge >= 0.3 is 0 Å². The standard InChI is InChI=1S/C13H14FNO2/c1-9-2-3-10(6-11(9)14)12(16)13(7-15)4-5-17-8-13/h2-3,6,12,16H,4-5,8H2,1H3. The van der Waals surface area contributed by atoms with E-state index in [1.807, 2.05) is 0 Å². The molecule has 0 aliphatic carbocycles. The summed E-state index contributed by atoms with van der Waals surface area (Å²) in [6.07, 6.45) is -0.537. The van der Waals surface area contributed by atoms with E-state index in [1.165, 1.54) is 6.07 Å². The fourth-order valence-electron chi connectivity index (χ4n) is 2.04. The SMILES string of the molecule is Cc1ccc(C(O)C2(C#N)CCOC2)cc1F. The number of rotatable bonds is 2. The van der Waals surface area contributed by atoms with Crippen LogP contribution in [-0.2, 0) is 4.74 Å². The van der Waals surface area contributed by atoms with E-state index in [4.69, 9.17) is 4.74 Å². The van der Waals surface area contributed by atoms with Gasteiger partial charge in [0.25, 0.3) is 0 Å². The van der Waals surface area contributed by atoms with Crippen molar-refractivity contribution < 1.29 is 14.2 Å². The molecule has 90 valence electrons.